The lowest BCUT2D eigenvalue weighted by atomic mass is 9.95. The van der Waals surface area contributed by atoms with Crippen molar-refractivity contribution in [1.29, 1.82) is 0 Å². The molecule has 10 heteroatoms. The van der Waals surface area contributed by atoms with E-state index in [2.05, 4.69) is 10.6 Å². The Bertz CT molecular complexity index is 1290. The summed E-state index contributed by atoms with van der Waals surface area (Å²) in [4.78, 5) is 39.2. The van der Waals surface area contributed by atoms with Crippen molar-refractivity contribution in [3.05, 3.63) is 45.6 Å². The fraction of sp³-hybridized carbons (Fsp3) is 0.483. The molecule has 0 radical (unpaired) electrons. The van der Waals surface area contributed by atoms with Crippen molar-refractivity contribution in [2.45, 2.75) is 52.2 Å². The van der Waals surface area contributed by atoms with Crippen molar-refractivity contribution in [2.24, 2.45) is 0 Å². The Morgan fingerprint density at radius 3 is 2.33 bits per heavy atom. The van der Waals surface area contributed by atoms with Gasteiger partial charge in [-0.25, -0.2) is 4.79 Å². The van der Waals surface area contributed by atoms with Gasteiger partial charge in [0, 0.05) is 32.6 Å². The Balaban J connectivity index is 2.05. The van der Waals surface area contributed by atoms with Crippen LogP contribution in [-0.4, -0.2) is 64.0 Å². The third-order valence-electron chi connectivity index (χ3n) is 6.38. The van der Waals surface area contributed by atoms with Gasteiger partial charge in [-0.05, 0) is 68.5 Å². The zero-order chi connectivity index (χ0) is 28.9. The SMILES string of the molecule is COc1cc2c(c(OC)c1OC)-c1ccc(NCCN(C)C(=O)OC(C)(C)C)c(=O)cc1[C@@H](NC(C)=O)CC2. The van der Waals surface area contributed by atoms with Gasteiger partial charge in [0.15, 0.2) is 11.5 Å². The van der Waals surface area contributed by atoms with E-state index in [1.54, 1.807) is 40.5 Å². The smallest absolute Gasteiger partial charge is 0.410 e. The number of carbonyl (C=O) groups is 2. The first-order chi connectivity index (χ1) is 18.4. The molecule has 0 fully saturated rings. The zero-order valence-corrected chi connectivity index (χ0v) is 24.0. The number of hydrogen-bond donors (Lipinski definition) is 2. The highest BCUT2D eigenvalue weighted by atomic mass is 16.6. The van der Waals surface area contributed by atoms with Crippen molar-refractivity contribution in [3.63, 3.8) is 0 Å². The summed E-state index contributed by atoms with van der Waals surface area (Å²) in [6, 6.07) is 6.64. The van der Waals surface area contributed by atoms with Crippen LogP contribution in [0.25, 0.3) is 11.1 Å². The summed E-state index contributed by atoms with van der Waals surface area (Å²) in [6.07, 6.45) is 0.750. The molecular formula is C29H39N3O7. The highest BCUT2D eigenvalue weighted by molar-refractivity contribution is 5.83. The molecule has 0 aromatic heterocycles. The first kappa shape index (κ1) is 29.6. The van der Waals surface area contributed by atoms with Crippen molar-refractivity contribution in [1.82, 2.24) is 10.2 Å². The molecule has 0 saturated heterocycles. The number of ether oxygens (including phenoxy) is 4. The summed E-state index contributed by atoms with van der Waals surface area (Å²) >= 11 is 0. The highest BCUT2D eigenvalue weighted by Crippen LogP contribution is 2.50. The minimum atomic E-state index is -0.597. The summed E-state index contributed by atoms with van der Waals surface area (Å²) < 4.78 is 22.4. The van der Waals surface area contributed by atoms with Gasteiger partial charge < -0.3 is 34.5 Å². The molecule has 1 aliphatic rings. The molecule has 0 bridgehead atoms. The van der Waals surface area contributed by atoms with Crippen LogP contribution in [0.4, 0.5) is 10.5 Å². The summed E-state index contributed by atoms with van der Waals surface area (Å²) in [5, 5.41) is 6.14. The van der Waals surface area contributed by atoms with E-state index in [1.807, 2.05) is 32.9 Å². The highest BCUT2D eigenvalue weighted by Gasteiger charge is 2.29. The molecule has 2 amide bonds. The number of rotatable bonds is 8. The normalized spacial score (nSPS) is 14.2. The van der Waals surface area contributed by atoms with Crippen molar-refractivity contribution < 1.29 is 28.5 Å². The monoisotopic (exact) mass is 541 g/mol. The second-order valence-electron chi connectivity index (χ2n) is 10.4. The van der Waals surface area contributed by atoms with Crippen LogP contribution in [0.1, 0.15) is 51.3 Å². The van der Waals surface area contributed by atoms with Gasteiger partial charge in [0.1, 0.15) is 5.60 Å². The molecule has 0 spiro atoms. The van der Waals surface area contributed by atoms with Crippen molar-refractivity contribution in [2.75, 3.05) is 46.8 Å². The molecule has 1 atom stereocenters. The van der Waals surface area contributed by atoms with Gasteiger partial charge in [0.05, 0.1) is 33.1 Å². The average molecular weight is 542 g/mol. The minimum Gasteiger partial charge on any atom is -0.493 e. The zero-order valence-electron chi connectivity index (χ0n) is 24.0. The van der Waals surface area contributed by atoms with E-state index in [4.69, 9.17) is 18.9 Å². The number of methoxy groups -OCH3 is 3. The molecule has 0 aliphatic heterocycles. The largest absolute Gasteiger partial charge is 0.493 e. The number of carbonyl (C=O) groups excluding carboxylic acids is 2. The standard InChI is InChI=1S/C29H39N3O7/c1-17(33)31-21-11-9-18-15-24(36-6)26(37-7)27(38-8)25(18)19-10-12-22(23(34)16-20(19)21)30-13-14-32(5)28(35)39-29(2,3)4/h10,12,15-16,21H,9,11,13-14H2,1-8H3,(H,30,34)(H,31,33)/t21-/m0/s1. The van der Waals surface area contributed by atoms with Crippen LogP contribution in [0.3, 0.4) is 0 Å². The average Bonchev–Trinajstić information content (AvgIpc) is 3.10. The molecule has 0 saturated carbocycles. The number of likely N-dealkylation sites (N-methyl/N-ethyl adjacent to an activating group) is 1. The molecule has 0 heterocycles. The van der Waals surface area contributed by atoms with Gasteiger partial charge in [0.2, 0.25) is 17.1 Å². The Labute approximate surface area is 229 Å². The number of aryl methyl sites for hydroxylation is 1. The number of hydrogen-bond acceptors (Lipinski definition) is 8. The number of nitrogens with zero attached hydrogens (tertiary/aromatic N) is 1. The number of fused-ring (bicyclic) bond motifs is 3. The Hall–Kier alpha value is -3.95. The third kappa shape index (κ3) is 6.93. The van der Waals surface area contributed by atoms with E-state index in [-0.39, 0.29) is 11.3 Å². The summed E-state index contributed by atoms with van der Waals surface area (Å²) in [5.74, 6) is 1.28. The van der Waals surface area contributed by atoms with Crippen LogP contribution in [0.15, 0.2) is 29.1 Å². The first-order valence-electron chi connectivity index (χ1n) is 12.9. The summed E-state index contributed by atoms with van der Waals surface area (Å²) in [7, 11) is 6.31. The second-order valence-corrected chi connectivity index (χ2v) is 10.4. The minimum absolute atomic E-state index is 0.193. The molecule has 2 aromatic carbocycles. The number of nitrogens with one attached hydrogen (secondary N) is 2. The maximum atomic E-state index is 13.4. The van der Waals surface area contributed by atoms with Crippen LogP contribution in [0.5, 0.6) is 17.2 Å². The predicted molar refractivity (Wildman–Crippen MR) is 150 cm³/mol. The van der Waals surface area contributed by atoms with Gasteiger partial charge in [0.25, 0.3) is 0 Å². The van der Waals surface area contributed by atoms with Crippen LogP contribution in [0.2, 0.25) is 0 Å². The molecular weight excluding hydrogens is 502 g/mol. The van der Waals surface area contributed by atoms with E-state index in [1.165, 1.54) is 11.8 Å². The molecule has 0 unspecified atom stereocenters. The molecule has 2 N–H and O–H groups in total. The van der Waals surface area contributed by atoms with E-state index in [0.717, 1.165) is 16.7 Å². The number of amides is 2. The summed E-state index contributed by atoms with van der Waals surface area (Å²) in [5.41, 5.74) is 2.68. The second kappa shape index (κ2) is 12.3. The van der Waals surface area contributed by atoms with E-state index < -0.39 is 17.7 Å². The van der Waals surface area contributed by atoms with Gasteiger partial charge in [-0.3, -0.25) is 9.59 Å². The van der Waals surface area contributed by atoms with Crippen molar-refractivity contribution >= 4 is 17.7 Å². The van der Waals surface area contributed by atoms with Crippen LogP contribution in [-0.2, 0) is 16.0 Å². The molecule has 2 aromatic rings. The van der Waals surface area contributed by atoms with Crippen LogP contribution in [0, 0.1) is 0 Å². The van der Waals surface area contributed by atoms with Gasteiger partial charge >= 0.3 is 6.09 Å². The summed E-state index contributed by atoms with van der Waals surface area (Å²) in [6.45, 7) is 7.54. The van der Waals surface area contributed by atoms with E-state index in [9.17, 15) is 14.4 Å². The molecule has 1 aliphatic carbocycles. The first-order valence-corrected chi connectivity index (χ1v) is 12.9. The Kier molecular flexibility index (Phi) is 9.32. The van der Waals surface area contributed by atoms with Crippen LogP contribution < -0.4 is 30.3 Å². The quantitative estimate of drug-likeness (QED) is 0.512. The molecule has 10 nitrogen and oxygen atoms in total. The maximum Gasteiger partial charge on any atom is 0.410 e. The lowest BCUT2D eigenvalue weighted by molar-refractivity contribution is -0.119. The lowest BCUT2D eigenvalue weighted by Crippen LogP contribution is -2.36. The Morgan fingerprint density at radius 1 is 1.05 bits per heavy atom. The molecule has 39 heavy (non-hydrogen) atoms. The molecule has 212 valence electrons. The molecule has 3 rings (SSSR count). The van der Waals surface area contributed by atoms with E-state index in [0.29, 0.717) is 54.4 Å². The maximum absolute atomic E-state index is 13.4. The van der Waals surface area contributed by atoms with E-state index >= 15 is 0 Å². The topological polar surface area (TPSA) is 115 Å². The van der Waals surface area contributed by atoms with Gasteiger partial charge in [-0.15, -0.1) is 0 Å². The number of anilines is 1. The van der Waals surface area contributed by atoms with Crippen molar-refractivity contribution in [3.8, 4) is 28.4 Å². The van der Waals surface area contributed by atoms with Gasteiger partial charge in [-0.1, -0.05) is 6.07 Å². The lowest BCUT2D eigenvalue weighted by Gasteiger charge is -2.24. The van der Waals surface area contributed by atoms with Gasteiger partial charge in [-0.2, -0.15) is 0 Å². The fourth-order valence-corrected chi connectivity index (χ4v) is 4.64. The third-order valence-corrected chi connectivity index (χ3v) is 6.38. The van der Waals surface area contributed by atoms with Crippen LogP contribution >= 0.6 is 0 Å². The number of benzene rings is 1. The predicted octanol–water partition coefficient (Wildman–Crippen LogP) is 4.14. The Morgan fingerprint density at radius 2 is 1.74 bits per heavy atom. The fourth-order valence-electron chi connectivity index (χ4n) is 4.64.